The number of benzene rings is 1. The minimum Gasteiger partial charge on any atom is -0.323 e. The fraction of sp³-hybridized carbons (Fsp3) is 0.333. The largest absolute Gasteiger partial charge is 0.323 e. The lowest BCUT2D eigenvalue weighted by Crippen LogP contribution is -2.19. The van der Waals surface area contributed by atoms with Crippen LogP contribution in [0.4, 0.5) is 0 Å². The topological polar surface area (TPSA) is 26.0 Å². The maximum absolute atomic E-state index is 6.06. The molecular formula is C9H9Cl2NS. The molecule has 0 saturated carbocycles. The van der Waals surface area contributed by atoms with Gasteiger partial charge in [0.15, 0.2) is 0 Å². The Balaban J connectivity index is 2.56. The van der Waals surface area contributed by atoms with Crippen molar-refractivity contribution in [1.82, 2.24) is 0 Å². The number of hydrogen-bond donors (Lipinski definition) is 1. The number of hydrogen-bond acceptors (Lipinski definition) is 2. The lowest BCUT2D eigenvalue weighted by Gasteiger charge is -2.22. The SMILES string of the molecule is N[C@@H]1CSCc2c(Cl)cc(Cl)cc21. The fourth-order valence-electron chi connectivity index (χ4n) is 1.48. The summed E-state index contributed by atoms with van der Waals surface area (Å²) < 4.78 is 0. The van der Waals surface area contributed by atoms with E-state index in [4.69, 9.17) is 28.9 Å². The van der Waals surface area contributed by atoms with Crippen LogP contribution in [0.25, 0.3) is 0 Å². The summed E-state index contributed by atoms with van der Waals surface area (Å²) in [6.45, 7) is 0. The zero-order valence-corrected chi connectivity index (χ0v) is 9.22. The molecule has 1 nitrogen and oxygen atoms in total. The summed E-state index contributed by atoms with van der Waals surface area (Å²) in [4.78, 5) is 0. The van der Waals surface area contributed by atoms with Crippen LogP contribution in [0.2, 0.25) is 10.0 Å². The predicted octanol–water partition coefficient (Wildman–Crippen LogP) is 3.24. The van der Waals surface area contributed by atoms with Crippen LogP contribution in [0.1, 0.15) is 17.2 Å². The van der Waals surface area contributed by atoms with Crippen molar-refractivity contribution < 1.29 is 0 Å². The average Bonchev–Trinajstić information content (AvgIpc) is 2.07. The first-order valence-corrected chi connectivity index (χ1v) is 5.90. The summed E-state index contributed by atoms with van der Waals surface area (Å²) in [5, 5.41) is 1.41. The highest BCUT2D eigenvalue weighted by Crippen LogP contribution is 2.36. The monoisotopic (exact) mass is 233 g/mol. The van der Waals surface area contributed by atoms with E-state index >= 15 is 0 Å². The molecule has 0 aromatic heterocycles. The van der Waals surface area contributed by atoms with E-state index in [1.807, 2.05) is 17.8 Å². The van der Waals surface area contributed by atoms with Crippen LogP contribution < -0.4 is 5.73 Å². The third-order valence-electron chi connectivity index (χ3n) is 2.14. The van der Waals surface area contributed by atoms with Gasteiger partial charge in [0.05, 0.1) is 0 Å². The molecule has 2 N–H and O–H groups in total. The van der Waals surface area contributed by atoms with Crippen molar-refractivity contribution in [2.45, 2.75) is 11.8 Å². The van der Waals surface area contributed by atoms with Gasteiger partial charge in [-0.1, -0.05) is 23.2 Å². The van der Waals surface area contributed by atoms with E-state index in [2.05, 4.69) is 0 Å². The van der Waals surface area contributed by atoms with Gasteiger partial charge in [0.2, 0.25) is 0 Å². The molecular weight excluding hydrogens is 225 g/mol. The minimum atomic E-state index is 0.0740. The van der Waals surface area contributed by atoms with E-state index < -0.39 is 0 Å². The van der Waals surface area contributed by atoms with E-state index in [0.717, 1.165) is 27.7 Å². The molecule has 0 saturated heterocycles. The standard InChI is InChI=1S/C9H9Cl2NS/c10-5-1-6-7(8(11)2-5)3-13-4-9(6)12/h1-2,9H,3-4,12H2/t9-/m1/s1. The molecule has 0 unspecified atom stereocenters. The highest BCUT2D eigenvalue weighted by atomic mass is 35.5. The number of thioether (sulfide) groups is 1. The third kappa shape index (κ3) is 1.82. The zero-order chi connectivity index (χ0) is 9.42. The third-order valence-corrected chi connectivity index (χ3v) is 3.78. The Morgan fingerprint density at radius 3 is 2.92 bits per heavy atom. The highest BCUT2D eigenvalue weighted by molar-refractivity contribution is 7.98. The molecule has 4 heteroatoms. The number of nitrogens with two attached hydrogens (primary N) is 1. The van der Waals surface area contributed by atoms with E-state index in [0.29, 0.717) is 5.02 Å². The second-order valence-electron chi connectivity index (χ2n) is 3.08. The zero-order valence-electron chi connectivity index (χ0n) is 6.89. The van der Waals surface area contributed by atoms with Gasteiger partial charge in [-0.15, -0.1) is 0 Å². The van der Waals surface area contributed by atoms with Crippen molar-refractivity contribution in [3.8, 4) is 0 Å². The van der Waals surface area contributed by atoms with E-state index in [-0.39, 0.29) is 6.04 Å². The molecule has 1 heterocycles. The number of halogens is 2. The summed E-state index contributed by atoms with van der Waals surface area (Å²) >= 11 is 13.8. The first kappa shape index (κ1) is 9.66. The number of fused-ring (bicyclic) bond motifs is 1. The Labute approximate surface area is 91.6 Å². The van der Waals surface area contributed by atoms with Crippen LogP contribution >= 0.6 is 35.0 Å². The van der Waals surface area contributed by atoms with Gasteiger partial charge in [-0.05, 0) is 23.3 Å². The summed E-state index contributed by atoms with van der Waals surface area (Å²) in [5.41, 5.74) is 8.20. The van der Waals surface area contributed by atoms with Crippen molar-refractivity contribution >= 4 is 35.0 Å². The lowest BCUT2D eigenvalue weighted by molar-refractivity contribution is 0.810. The van der Waals surface area contributed by atoms with Gasteiger partial charge in [0.25, 0.3) is 0 Å². The smallest absolute Gasteiger partial charge is 0.0464 e. The quantitative estimate of drug-likeness (QED) is 0.745. The second-order valence-corrected chi connectivity index (χ2v) is 4.95. The minimum absolute atomic E-state index is 0.0740. The number of rotatable bonds is 0. The van der Waals surface area contributed by atoms with Crippen LogP contribution in [-0.4, -0.2) is 5.75 Å². The van der Waals surface area contributed by atoms with E-state index in [9.17, 15) is 0 Å². The van der Waals surface area contributed by atoms with Gasteiger partial charge in [0.1, 0.15) is 0 Å². The molecule has 1 atom stereocenters. The van der Waals surface area contributed by atoms with E-state index in [1.165, 1.54) is 0 Å². The average molecular weight is 234 g/mol. The molecule has 0 spiro atoms. The van der Waals surface area contributed by atoms with Crippen molar-refractivity contribution in [3.63, 3.8) is 0 Å². The van der Waals surface area contributed by atoms with Crippen molar-refractivity contribution in [2.24, 2.45) is 5.73 Å². The predicted molar refractivity (Wildman–Crippen MR) is 59.6 cm³/mol. The van der Waals surface area contributed by atoms with E-state index in [1.54, 1.807) is 6.07 Å². The molecule has 0 radical (unpaired) electrons. The van der Waals surface area contributed by atoms with Crippen LogP contribution in [0.3, 0.4) is 0 Å². The molecule has 2 rings (SSSR count). The molecule has 70 valence electrons. The Morgan fingerprint density at radius 1 is 1.38 bits per heavy atom. The molecule has 1 aromatic rings. The van der Waals surface area contributed by atoms with Crippen LogP contribution in [0.15, 0.2) is 12.1 Å². The van der Waals surface area contributed by atoms with Gasteiger partial charge < -0.3 is 5.73 Å². The molecule has 1 aliphatic heterocycles. The molecule has 0 aliphatic carbocycles. The van der Waals surface area contributed by atoms with Gasteiger partial charge in [-0.2, -0.15) is 11.8 Å². The first-order chi connectivity index (χ1) is 6.18. The molecule has 13 heavy (non-hydrogen) atoms. The van der Waals surface area contributed by atoms with Crippen molar-refractivity contribution in [3.05, 3.63) is 33.3 Å². The van der Waals surface area contributed by atoms with Crippen molar-refractivity contribution in [1.29, 1.82) is 0 Å². The first-order valence-electron chi connectivity index (χ1n) is 3.99. The normalized spacial score (nSPS) is 21.3. The summed E-state index contributed by atoms with van der Waals surface area (Å²) in [6.07, 6.45) is 0. The van der Waals surface area contributed by atoms with Gasteiger partial charge in [-0.3, -0.25) is 0 Å². The lowest BCUT2D eigenvalue weighted by atomic mass is 10.0. The summed E-state index contributed by atoms with van der Waals surface area (Å²) in [5.74, 6) is 1.89. The van der Waals surface area contributed by atoms with Crippen molar-refractivity contribution in [2.75, 3.05) is 5.75 Å². The van der Waals surface area contributed by atoms with Gasteiger partial charge in [-0.25, -0.2) is 0 Å². The Bertz CT molecular complexity index is 341. The van der Waals surface area contributed by atoms with Crippen LogP contribution in [0.5, 0.6) is 0 Å². The Hall–Kier alpha value is 0.110. The van der Waals surface area contributed by atoms with Gasteiger partial charge >= 0.3 is 0 Å². The molecule has 0 fully saturated rings. The maximum Gasteiger partial charge on any atom is 0.0464 e. The maximum atomic E-state index is 6.06. The van der Waals surface area contributed by atoms with Crippen LogP contribution in [-0.2, 0) is 5.75 Å². The summed E-state index contributed by atoms with van der Waals surface area (Å²) in [6, 6.07) is 3.78. The second kappa shape index (κ2) is 3.70. The highest BCUT2D eigenvalue weighted by Gasteiger charge is 2.19. The molecule has 0 amide bonds. The Morgan fingerprint density at radius 2 is 2.15 bits per heavy atom. The summed E-state index contributed by atoms with van der Waals surface area (Å²) in [7, 11) is 0. The molecule has 1 aliphatic rings. The molecule has 0 bridgehead atoms. The fourth-order valence-corrected chi connectivity index (χ4v) is 3.22. The van der Waals surface area contributed by atoms with Gasteiger partial charge in [0, 0.05) is 27.6 Å². The molecule has 1 aromatic carbocycles. The van der Waals surface area contributed by atoms with Crippen LogP contribution in [0, 0.1) is 0 Å². The Kier molecular flexibility index (Phi) is 2.75.